The second-order valence-electron chi connectivity index (χ2n) is 10.9. The van der Waals surface area contributed by atoms with E-state index in [-0.39, 0.29) is 17.5 Å². The quantitative estimate of drug-likeness (QED) is 0.189. The van der Waals surface area contributed by atoms with Crippen molar-refractivity contribution in [1.29, 1.82) is 0 Å². The summed E-state index contributed by atoms with van der Waals surface area (Å²) >= 11 is 6.16. The molecule has 0 saturated carbocycles. The molecule has 0 unspecified atom stereocenters. The predicted molar refractivity (Wildman–Crippen MR) is 166 cm³/mol. The molecule has 1 amide bonds. The first-order valence-corrected chi connectivity index (χ1v) is 14.5. The number of Topliss-reactive ketones (excluding diaryl/α,β-unsaturated/α-hetero) is 2. The number of hydrogen-bond donors (Lipinski definition) is 1. The zero-order valence-corrected chi connectivity index (χ0v) is 23.8. The van der Waals surface area contributed by atoms with Gasteiger partial charge in [-0.3, -0.25) is 14.4 Å². The van der Waals surface area contributed by atoms with E-state index in [9.17, 15) is 14.4 Å². The smallest absolute Gasteiger partial charge is 0.238 e. The highest BCUT2D eigenvalue weighted by molar-refractivity contribution is 6.30. The molecule has 3 aliphatic heterocycles. The largest absolute Gasteiger partial charge is 0.490 e. The van der Waals surface area contributed by atoms with Gasteiger partial charge in [0.2, 0.25) is 5.91 Å². The number of fused-ring (bicyclic) bond motifs is 6. The fourth-order valence-corrected chi connectivity index (χ4v) is 7.13. The van der Waals surface area contributed by atoms with Gasteiger partial charge >= 0.3 is 0 Å². The van der Waals surface area contributed by atoms with Gasteiger partial charge in [-0.2, -0.15) is 0 Å². The van der Waals surface area contributed by atoms with E-state index in [2.05, 4.69) is 11.9 Å². The molecule has 4 atom stereocenters. The number of rotatable bonds is 7. The first-order chi connectivity index (χ1) is 20.9. The molecule has 0 aliphatic carbocycles. The van der Waals surface area contributed by atoms with Crippen molar-refractivity contribution >= 4 is 40.8 Å². The summed E-state index contributed by atoms with van der Waals surface area (Å²) in [6.07, 6.45) is 5.45. The molecular weight excluding hydrogens is 560 g/mol. The number of nitrogens with one attached hydrogen (secondary N) is 1. The maximum absolute atomic E-state index is 14.9. The predicted octanol–water partition coefficient (Wildman–Crippen LogP) is 6.89. The summed E-state index contributed by atoms with van der Waals surface area (Å²) in [5, 5.41) is 3.57. The fraction of sp³-hybridized carbons (Fsp3) is 0.139. The van der Waals surface area contributed by atoms with Crippen molar-refractivity contribution in [2.24, 2.45) is 5.92 Å². The van der Waals surface area contributed by atoms with E-state index >= 15 is 0 Å². The molecule has 3 aliphatic rings. The molecule has 1 saturated heterocycles. The number of anilines is 1. The lowest BCUT2D eigenvalue weighted by Gasteiger charge is -2.38. The van der Waals surface area contributed by atoms with Crippen molar-refractivity contribution in [2.45, 2.75) is 17.5 Å². The molecule has 0 aromatic heterocycles. The molecule has 4 aromatic carbocycles. The van der Waals surface area contributed by atoms with Crippen molar-refractivity contribution < 1.29 is 19.1 Å². The standard InChI is InChI=1S/C36H27ClN2O4/c1-2-21-43-26-17-13-23(14-18-26)32(40)30-31(33(41)24-11-15-25(37)16-12-24)39-20-19-22-7-3-4-8-27(22)34(39)36(30)28-9-5-6-10-29(28)38-35(36)42/h2-20,30-31,34H,1,21H2,(H,38,42)/t30-,31+,34+,36-/m0/s1. The number of hydrogen-bond acceptors (Lipinski definition) is 5. The number of amides is 1. The summed E-state index contributed by atoms with van der Waals surface area (Å²) in [4.78, 5) is 45.9. The average Bonchev–Trinajstić information content (AvgIpc) is 3.52. The van der Waals surface area contributed by atoms with Gasteiger partial charge in [0.1, 0.15) is 23.8 Å². The van der Waals surface area contributed by atoms with Gasteiger partial charge in [0.25, 0.3) is 0 Å². The molecule has 1 fully saturated rings. The molecule has 7 heteroatoms. The van der Waals surface area contributed by atoms with E-state index in [1.807, 2.05) is 65.7 Å². The molecule has 0 bridgehead atoms. The maximum atomic E-state index is 14.9. The number of halogens is 1. The van der Waals surface area contributed by atoms with Gasteiger partial charge in [0.05, 0.1) is 12.0 Å². The van der Waals surface area contributed by atoms with Crippen molar-refractivity contribution in [3.63, 3.8) is 0 Å². The highest BCUT2D eigenvalue weighted by atomic mass is 35.5. The summed E-state index contributed by atoms with van der Waals surface area (Å²) in [5.74, 6) is -1.33. The van der Waals surface area contributed by atoms with E-state index in [4.69, 9.17) is 16.3 Å². The molecule has 7 rings (SSSR count). The Labute approximate surface area is 254 Å². The summed E-state index contributed by atoms with van der Waals surface area (Å²) in [7, 11) is 0. The molecule has 4 aromatic rings. The monoisotopic (exact) mass is 586 g/mol. The Hall–Kier alpha value is -4.94. The first-order valence-electron chi connectivity index (χ1n) is 14.1. The minimum absolute atomic E-state index is 0.260. The second kappa shape index (κ2) is 10.4. The lowest BCUT2D eigenvalue weighted by atomic mass is 9.62. The van der Waals surface area contributed by atoms with Crippen LogP contribution >= 0.6 is 11.6 Å². The molecule has 1 spiro atoms. The molecular formula is C36H27ClN2O4. The van der Waals surface area contributed by atoms with E-state index < -0.39 is 23.4 Å². The van der Waals surface area contributed by atoms with Crippen LogP contribution in [0.25, 0.3) is 6.08 Å². The minimum Gasteiger partial charge on any atom is -0.490 e. The molecule has 0 radical (unpaired) electrons. The van der Waals surface area contributed by atoms with E-state index in [1.165, 1.54) is 0 Å². The third-order valence-corrected chi connectivity index (χ3v) is 9.01. The van der Waals surface area contributed by atoms with Crippen LogP contribution in [0.4, 0.5) is 5.69 Å². The summed E-state index contributed by atoms with van der Waals surface area (Å²) < 4.78 is 5.64. The summed E-state index contributed by atoms with van der Waals surface area (Å²) in [5.41, 5.74) is 2.58. The van der Waals surface area contributed by atoms with E-state index in [0.29, 0.717) is 39.8 Å². The van der Waals surface area contributed by atoms with Gasteiger partial charge in [-0.25, -0.2) is 0 Å². The highest BCUT2D eigenvalue weighted by Crippen LogP contribution is 2.62. The number of ether oxygens (including phenoxy) is 1. The number of benzene rings is 4. The molecule has 1 N–H and O–H groups in total. The SMILES string of the molecule is C=CCOc1ccc(C(=O)[C@@H]2[C@H](C(=O)c3ccc(Cl)cc3)N3C=Cc4ccccc4[C@@H]3[C@@]23C(=O)Nc2ccccc23)cc1. The van der Waals surface area contributed by atoms with E-state index in [1.54, 1.807) is 54.6 Å². The lowest BCUT2D eigenvalue weighted by Crippen LogP contribution is -2.49. The van der Waals surface area contributed by atoms with Crippen molar-refractivity contribution in [3.8, 4) is 5.75 Å². The Morgan fingerprint density at radius 3 is 2.35 bits per heavy atom. The van der Waals surface area contributed by atoms with Gasteiger partial charge in [0.15, 0.2) is 11.6 Å². The number of nitrogens with zero attached hydrogens (tertiary/aromatic N) is 1. The minimum atomic E-state index is -1.39. The second-order valence-corrected chi connectivity index (χ2v) is 11.4. The Balaban J connectivity index is 1.47. The van der Waals surface area contributed by atoms with Crippen molar-refractivity contribution in [1.82, 2.24) is 4.90 Å². The molecule has 3 heterocycles. The van der Waals surface area contributed by atoms with Crippen LogP contribution in [-0.4, -0.2) is 35.0 Å². The van der Waals surface area contributed by atoms with Crippen molar-refractivity contribution in [3.05, 3.63) is 149 Å². The normalized spacial score (nSPS) is 22.9. The number of carbonyl (C=O) groups excluding carboxylic acids is 3. The van der Waals surface area contributed by atoms with Gasteiger partial charge in [-0.1, -0.05) is 66.7 Å². The van der Waals surface area contributed by atoms with Crippen LogP contribution in [0.5, 0.6) is 5.75 Å². The average molecular weight is 587 g/mol. The highest BCUT2D eigenvalue weighted by Gasteiger charge is 2.70. The Kier molecular flexibility index (Phi) is 6.51. The third-order valence-electron chi connectivity index (χ3n) is 8.76. The van der Waals surface area contributed by atoms with E-state index in [0.717, 1.165) is 11.1 Å². The lowest BCUT2D eigenvalue weighted by molar-refractivity contribution is -0.122. The fourth-order valence-electron chi connectivity index (χ4n) is 7.00. The zero-order valence-electron chi connectivity index (χ0n) is 23.1. The summed E-state index contributed by atoms with van der Waals surface area (Å²) in [6.45, 7) is 4.01. The summed E-state index contributed by atoms with van der Waals surface area (Å²) in [6, 6.07) is 27.2. The molecule has 43 heavy (non-hydrogen) atoms. The van der Waals surface area contributed by atoms with Crippen LogP contribution in [0.15, 0.2) is 116 Å². The topological polar surface area (TPSA) is 75.7 Å². The van der Waals surface area contributed by atoms with Gasteiger partial charge in [-0.05, 0) is 77.4 Å². The Bertz CT molecular complexity index is 1810. The van der Waals surface area contributed by atoms with Crippen LogP contribution in [0.1, 0.15) is 43.4 Å². The van der Waals surface area contributed by atoms with Crippen LogP contribution in [0.3, 0.4) is 0 Å². The van der Waals surface area contributed by atoms with Crippen LogP contribution in [-0.2, 0) is 10.2 Å². The van der Waals surface area contributed by atoms with Gasteiger partial charge in [-0.15, -0.1) is 0 Å². The Morgan fingerprint density at radius 1 is 0.907 bits per heavy atom. The van der Waals surface area contributed by atoms with Crippen LogP contribution < -0.4 is 10.1 Å². The maximum Gasteiger partial charge on any atom is 0.238 e. The first kappa shape index (κ1) is 26.9. The van der Waals surface area contributed by atoms with Gasteiger partial charge < -0.3 is 15.0 Å². The number of para-hydroxylation sites is 1. The van der Waals surface area contributed by atoms with Crippen LogP contribution in [0.2, 0.25) is 5.02 Å². The Morgan fingerprint density at radius 2 is 1.58 bits per heavy atom. The van der Waals surface area contributed by atoms with Crippen LogP contribution in [0, 0.1) is 5.92 Å². The zero-order chi connectivity index (χ0) is 29.7. The third kappa shape index (κ3) is 4.05. The van der Waals surface area contributed by atoms with Gasteiger partial charge in [0, 0.05) is 28.0 Å². The number of carbonyl (C=O) groups is 3. The van der Waals surface area contributed by atoms with Crippen molar-refractivity contribution in [2.75, 3.05) is 11.9 Å². The molecule has 212 valence electrons. The molecule has 6 nitrogen and oxygen atoms in total. The number of ketones is 2.